The van der Waals surface area contributed by atoms with Crippen LogP contribution in [0, 0.1) is 11.6 Å². The molecule has 1 amide bonds. The van der Waals surface area contributed by atoms with Crippen LogP contribution in [0.15, 0.2) is 12.1 Å². The van der Waals surface area contributed by atoms with Gasteiger partial charge in [-0.15, -0.1) is 0 Å². The Bertz CT molecular complexity index is 676. The van der Waals surface area contributed by atoms with Crippen LogP contribution in [0.1, 0.15) is 6.42 Å². The minimum absolute atomic E-state index is 0.0319. The van der Waals surface area contributed by atoms with Gasteiger partial charge in [0.2, 0.25) is 0 Å². The van der Waals surface area contributed by atoms with Crippen LogP contribution in [0.5, 0.6) is 0 Å². The van der Waals surface area contributed by atoms with Gasteiger partial charge >= 0.3 is 6.09 Å². The molecule has 3 rings (SSSR count). The van der Waals surface area contributed by atoms with E-state index < -0.39 is 23.8 Å². The molecule has 0 aliphatic carbocycles. The topological polar surface area (TPSA) is 70.8 Å². The maximum absolute atomic E-state index is 14.6. The maximum atomic E-state index is 14.6. The number of amides is 1. The van der Waals surface area contributed by atoms with Crippen molar-refractivity contribution in [1.82, 2.24) is 5.32 Å². The van der Waals surface area contributed by atoms with Crippen LogP contribution >= 0.6 is 24.0 Å². The number of anilines is 2. The molecule has 0 bridgehead atoms. The first-order chi connectivity index (χ1) is 12.5. The summed E-state index contributed by atoms with van der Waals surface area (Å²) in [5.74, 6) is 0.462. The highest BCUT2D eigenvalue weighted by Crippen LogP contribution is 2.32. The summed E-state index contributed by atoms with van der Waals surface area (Å²) in [5.41, 5.74) is 5.45. The molecule has 142 valence electrons. The van der Waals surface area contributed by atoms with Crippen LogP contribution < -0.4 is 20.9 Å². The monoisotopic (exact) mass is 402 g/mol. The summed E-state index contributed by atoms with van der Waals surface area (Å²) < 4.78 is 34.5. The predicted molar refractivity (Wildman–Crippen MR) is 103 cm³/mol. The Morgan fingerprint density at radius 3 is 2.77 bits per heavy atom. The van der Waals surface area contributed by atoms with Gasteiger partial charge in [0.05, 0.1) is 18.8 Å². The molecule has 3 N–H and O–H groups in total. The Kier molecular flexibility index (Phi) is 6.02. The number of cyclic esters (lactones) is 1. The number of thioether (sulfide) groups is 1. The predicted octanol–water partition coefficient (Wildman–Crippen LogP) is 2.07. The number of rotatable bonds is 4. The van der Waals surface area contributed by atoms with Crippen molar-refractivity contribution in [2.24, 2.45) is 5.73 Å². The van der Waals surface area contributed by atoms with E-state index in [0.717, 1.165) is 17.9 Å². The number of nitrogens with zero attached hydrogens (tertiary/aromatic N) is 2. The number of carbonyl (C=O) groups excluding carboxylic acids is 1. The fourth-order valence-electron chi connectivity index (χ4n) is 3.03. The molecule has 2 saturated heterocycles. The van der Waals surface area contributed by atoms with Crippen LogP contribution in [-0.4, -0.2) is 55.0 Å². The number of nitrogens with two attached hydrogens (primary N) is 1. The van der Waals surface area contributed by atoms with Gasteiger partial charge in [-0.25, -0.2) is 13.6 Å². The third kappa shape index (κ3) is 4.29. The van der Waals surface area contributed by atoms with Crippen molar-refractivity contribution in [2.45, 2.75) is 12.5 Å². The Morgan fingerprint density at radius 1 is 1.35 bits per heavy atom. The minimum atomic E-state index is -0.676. The van der Waals surface area contributed by atoms with Gasteiger partial charge in [-0.05, 0) is 24.4 Å². The minimum Gasteiger partial charge on any atom is -0.442 e. The van der Waals surface area contributed by atoms with Gasteiger partial charge in [0.1, 0.15) is 11.8 Å². The van der Waals surface area contributed by atoms with Crippen molar-refractivity contribution in [3.05, 3.63) is 23.8 Å². The molecule has 0 spiro atoms. The molecule has 6 nitrogen and oxygen atoms in total. The van der Waals surface area contributed by atoms with Crippen LogP contribution in [0.4, 0.5) is 25.0 Å². The van der Waals surface area contributed by atoms with Crippen molar-refractivity contribution in [3.63, 3.8) is 0 Å². The molecule has 2 aliphatic rings. The van der Waals surface area contributed by atoms with Crippen molar-refractivity contribution in [1.29, 1.82) is 0 Å². The van der Waals surface area contributed by atoms with Crippen molar-refractivity contribution < 1.29 is 18.3 Å². The average molecular weight is 402 g/mol. The molecule has 2 fully saturated rings. The first-order valence-electron chi connectivity index (χ1n) is 8.29. The van der Waals surface area contributed by atoms with E-state index in [4.69, 9.17) is 22.7 Å². The van der Waals surface area contributed by atoms with E-state index in [2.05, 4.69) is 5.32 Å². The zero-order valence-corrected chi connectivity index (χ0v) is 15.7. The van der Waals surface area contributed by atoms with Crippen LogP contribution in [0.3, 0.4) is 0 Å². The molecule has 2 heterocycles. The zero-order valence-electron chi connectivity index (χ0n) is 14.0. The number of halogens is 2. The van der Waals surface area contributed by atoms with E-state index in [1.54, 1.807) is 16.7 Å². The molecule has 0 aromatic heterocycles. The second kappa shape index (κ2) is 8.26. The molecule has 0 saturated carbocycles. The lowest BCUT2D eigenvalue weighted by molar-refractivity contribution is 0.143. The second-order valence-electron chi connectivity index (χ2n) is 6.07. The Hall–Kier alpha value is -1.81. The Morgan fingerprint density at radius 2 is 2.08 bits per heavy atom. The summed E-state index contributed by atoms with van der Waals surface area (Å²) in [6.45, 7) is 1.61. The number of ether oxygens (including phenoxy) is 1. The smallest absolute Gasteiger partial charge is 0.414 e. The van der Waals surface area contributed by atoms with Crippen molar-refractivity contribution in [2.75, 3.05) is 47.5 Å². The van der Waals surface area contributed by atoms with Crippen LogP contribution in [0.25, 0.3) is 0 Å². The molecular formula is C16H20F2N4O2S2. The van der Waals surface area contributed by atoms with Gasteiger partial charge in [0, 0.05) is 31.0 Å². The highest BCUT2D eigenvalue weighted by Gasteiger charge is 2.33. The van der Waals surface area contributed by atoms with Gasteiger partial charge in [-0.1, -0.05) is 0 Å². The normalized spacial score (nSPS) is 20.7. The molecule has 1 aromatic rings. The van der Waals surface area contributed by atoms with Gasteiger partial charge in [0.25, 0.3) is 0 Å². The SMILES string of the molecule is NC(=S)NC[C@H]1CN(c2cc(F)c(N3CCCSCC3)c(F)c2)C(=O)O1. The third-order valence-corrected chi connectivity index (χ3v) is 5.42. The van der Waals surface area contributed by atoms with Crippen molar-refractivity contribution >= 4 is 46.6 Å². The molecule has 0 unspecified atom stereocenters. The lowest BCUT2D eigenvalue weighted by Crippen LogP contribution is -2.37. The van der Waals surface area contributed by atoms with E-state index in [1.807, 2.05) is 0 Å². The highest BCUT2D eigenvalue weighted by molar-refractivity contribution is 7.99. The number of hydrogen-bond donors (Lipinski definition) is 2. The highest BCUT2D eigenvalue weighted by atomic mass is 32.2. The van der Waals surface area contributed by atoms with Gasteiger partial charge in [-0.2, -0.15) is 11.8 Å². The fourth-order valence-corrected chi connectivity index (χ4v) is 4.00. The second-order valence-corrected chi connectivity index (χ2v) is 7.74. The maximum Gasteiger partial charge on any atom is 0.414 e. The lowest BCUT2D eigenvalue weighted by Gasteiger charge is -2.24. The number of hydrogen-bond acceptors (Lipinski definition) is 5. The first-order valence-corrected chi connectivity index (χ1v) is 9.85. The number of benzene rings is 1. The van der Waals surface area contributed by atoms with Gasteiger partial charge < -0.3 is 20.7 Å². The standard InChI is InChI=1S/C16H20F2N4O2S2/c17-12-6-10(22-9-11(24-16(22)23)8-20-15(19)25)7-13(18)14(12)21-2-1-4-26-5-3-21/h6-7,11H,1-5,8-9H2,(H3,19,20,25)/t11-/m0/s1. The van der Waals surface area contributed by atoms with Gasteiger partial charge in [-0.3, -0.25) is 4.90 Å². The van der Waals surface area contributed by atoms with E-state index in [9.17, 15) is 13.6 Å². The molecule has 26 heavy (non-hydrogen) atoms. The first kappa shape index (κ1) is 19.0. The average Bonchev–Trinajstić information content (AvgIpc) is 2.77. The summed E-state index contributed by atoms with van der Waals surface area (Å²) in [6.07, 6.45) is -0.281. The Labute approximate surface area is 160 Å². The number of thiocarbonyl (C=S) groups is 1. The van der Waals surface area contributed by atoms with E-state index in [-0.39, 0.29) is 29.6 Å². The van der Waals surface area contributed by atoms with Gasteiger partial charge in [0.15, 0.2) is 16.7 Å². The molecular weight excluding hydrogens is 382 g/mol. The van der Waals surface area contributed by atoms with E-state index in [0.29, 0.717) is 13.1 Å². The van der Waals surface area contributed by atoms with E-state index in [1.165, 1.54) is 17.0 Å². The number of nitrogens with one attached hydrogen (secondary N) is 1. The molecule has 1 atom stereocenters. The van der Waals surface area contributed by atoms with Crippen LogP contribution in [0.2, 0.25) is 0 Å². The quantitative estimate of drug-likeness (QED) is 0.747. The summed E-state index contributed by atoms with van der Waals surface area (Å²) in [5, 5.41) is 2.80. The van der Waals surface area contributed by atoms with Crippen molar-refractivity contribution in [3.8, 4) is 0 Å². The Balaban J connectivity index is 1.77. The summed E-state index contributed by atoms with van der Waals surface area (Å²) >= 11 is 6.49. The largest absolute Gasteiger partial charge is 0.442 e. The third-order valence-electron chi connectivity index (χ3n) is 4.23. The lowest BCUT2D eigenvalue weighted by atomic mass is 10.2. The molecule has 1 aromatic carbocycles. The molecule has 0 radical (unpaired) electrons. The van der Waals surface area contributed by atoms with Crippen LogP contribution in [-0.2, 0) is 4.74 Å². The zero-order chi connectivity index (χ0) is 18.7. The number of carbonyl (C=O) groups is 1. The molecule has 2 aliphatic heterocycles. The summed E-state index contributed by atoms with van der Waals surface area (Å²) in [7, 11) is 0. The molecule has 10 heteroatoms. The summed E-state index contributed by atoms with van der Waals surface area (Å²) in [4.78, 5) is 15.0. The fraction of sp³-hybridized carbons (Fsp3) is 0.500. The summed E-state index contributed by atoms with van der Waals surface area (Å²) in [6, 6.07) is 2.36. The van der Waals surface area contributed by atoms with E-state index >= 15 is 0 Å².